The minimum atomic E-state index is 0.467. The molecule has 1 N–H and O–H groups in total. The Bertz CT molecular complexity index is 373. The van der Waals surface area contributed by atoms with Crippen molar-refractivity contribution in [1.82, 2.24) is 10.3 Å². The third-order valence-corrected chi connectivity index (χ3v) is 4.30. The summed E-state index contributed by atoms with van der Waals surface area (Å²) in [5.74, 6) is 0. The van der Waals surface area contributed by atoms with E-state index in [9.17, 15) is 0 Å². The van der Waals surface area contributed by atoms with Gasteiger partial charge in [0.1, 0.15) is 0 Å². The van der Waals surface area contributed by atoms with Crippen LogP contribution in [0.3, 0.4) is 0 Å². The normalized spacial score (nSPS) is 19.9. The number of aromatic nitrogens is 1. The summed E-state index contributed by atoms with van der Waals surface area (Å²) in [6, 6.07) is 0.467. The standard InChI is InChI=1S/C13H23N3O2S/c1-3-11-10-18-7-5-16(11)13-15-9-12(19-13)8-14-4-6-17-2/h9,11,14H,3-8,10H2,1-2H3. The Kier molecular flexibility index (Phi) is 6.03. The fourth-order valence-electron chi connectivity index (χ4n) is 2.14. The zero-order valence-corrected chi connectivity index (χ0v) is 12.5. The second-order valence-corrected chi connectivity index (χ2v) is 5.70. The summed E-state index contributed by atoms with van der Waals surface area (Å²) in [7, 11) is 1.72. The summed E-state index contributed by atoms with van der Waals surface area (Å²) in [4.78, 5) is 8.21. The van der Waals surface area contributed by atoms with Crippen LogP contribution < -0.4 is 10.2 Å². The van der Waals surface area contributed by atoms with E-state index in [1.165, 1.54) is 4.88 Å². The van der Waals surface area contributed by atoms with E-state index in [4.69, 9.17) is 9.47 Å². The number of thiazole rings is 1. The van der Waals surface area contributed by atoms with Crippen LogP contribution in [0.1, 0.15) is 18.2 Å². The molecule has 1 aliphatic rings. The van der Waals surface area contributed by atoms with Gasteiger partial charge in [-0.2, -0.15) is 0 Å². The highest BCUT2D eigenvalue weighted by Gasteiger charge is 2.23. The van der Waals surface area contributed by atoms with E-state index in [0.717, 1.165) is 51.0 Å². The van der Waals surface area contributed by atoms with Gasteiger partial charge in [0.05, 0.1) is 25.9 Å². The Labute approximate surface area is 118 Å². The van der Waals surface area contributed by atoms with Crippen molar-refractivity contribution in [2.75, 3.05) is 44.9 Å². The number of ether oxygens (including phenoxy) is 2. The smallest absolute Gasteiger partial charge is 0.185 e. The number of hydrogen-bond acceptors (Lipinski definition) is 6. The van der Waals surface area contributed by atoms with Crippen molar-refractivity contribution in [3.63, 3.8) is 0 Å². The van der Waals surface area contributed by atoms with Crippen molar-refractivity contribution < 1.29 is 9.47 Å². The fourth-order valence-corrected chi connectivity index (χ4v) is 3.12. The second kappa shape index (κ2) is 7.79. The molecule has 1 aliphatic heterocycles. The summed E-state index contributed by atoms with van der Waals surface area (Å²) in [5.41, 5.74) is 0. The van der Waals surface area contributed by atoms with Crippen LogP contribution in [0.4, 0.5) is 5.13 Å². The molecule has 0 aliphatic carbocycles. The Morgan fingerprint density at radius 2 is 2.53 bits per heavy atom. The molecule has 1 saturated heterocycles. The first-order chi connectivity index (χ1) is 9.35. The minimum absolute atomic E-state index is 0.467. The van der Waals surface area contributed by atoms with Crippen LogP contribution in [0, 0.1) is 0 Å². The number of anilines is 1. The highest BCUT2D eigenvalue weighted by Crippen LogP contribution is 2.26. The molecule has 2 heterocycles. The molecule has 1 fully saturated rings. The zero-order valence-electron chi connectivity index (χ0n) is 11.7. The number of morpholine rings is 1. The van der Waals surface area contributed by atoms with Gasteiger partial charge in [-0.3, -0.25) is 0 Å². The SMILES string of the molecule is CCC1COCCN1c1ncc(CNCCOC)s1. The molecule has 6 heteroatoms. The number of rotatable bonds is 7. The highest BCUT2D eigenvalue weighted by atomic mass is 32.1. The van der Waals surface area contributed by atoms with Gasteiger partial charge in [-0.15, -0.1) is 11.3 Å². The van der Waals surface area contributed by atoms with Gasteiger partial charge in [0.15, 0.2) is 5.13 Å². The van der Waals surface area contributed by atoms with Crippen molar-refractivity contribution in [2.24, 2.45) is 0 Å². The lowest BCUT2D eigenvalue weighted by molar-refractivity contribution is 0.0929. The molecule has 0 aromatic carbocycles. The van der Waals surface area contributed by atoms with Crippen LogP contribution in [0.5, 0.6) is 0 Å². The maximum atomic E-state index is 5.53. The van der Waals surface area contributed by atoms with Gasteiger partial charge in [0.2, 0.25) is 0 Å². The number of nitrogens with zero attached hydrogens (tertiary/aromatic N) is 2. The lowest BCUT2D eigenvalue weighted by atomic mass is 10.2. The largest absolute Gasteiger partial charge is 0.383 e. The van der Waals surface area contributed by atoms with Crippen LogP contribution in [-0.2, 0) is 16.0 Å². The predicted molar refractivity (Wildman–Crippen MR) is 77.9 cm³/mol. The Morgan fingerprint density at radius 1 is 1.63 bits per heavy atom. The summed E-state index contributed by atoms with van der Waals surface area (Å²) >= 11 is 1.77. The summed E-state index contributed by atoms with van der Waals surface area (Å²) in [5, 5.41) is 4.47. The van der Waals surface area contributed by atoms with Crippen LogP contribution in [0.25, 0.3) is 0 Å². The van der Waals surface area contributed by atoms with E-state index in [2.05, 4.69) is 22.1 Å². The summed E-state index contributed by atoms with van der Waals surface area (Å²) < 4.78 is 10.5. The molecule has 0 amide bonds. The molecular formula is C13H23N3O2S. The maximum absolute atomic E-state index is 5.53. The van der Waals surface area contributed by atoms with Crippen LogP contribution >= 0.6 is 11.3 Å². The van der Waals surface area contributed by atoms with Crippen LogP contribution in [0.15, 0.2) is 6.20 Å². The molecule has 0 bridgehead atoms. The molecule has 1 atom stereocenters. The molecule has 1 aromatic heterocycles. The lowest BCUT2D eigenvalue weighted by Crippen LogP contribution is -2.45. The monoisotopic (exact) mass is 285 g/mol. The van der Waals surface area contributed by atoms with Crippen molar-refractivity contribution in [1.29, 1.82) is 0 Å². The third kappa shape index (κ3) is 4.14. The zero-order chi connectivity index (χ0) is 13.5. The lowest BCUT2D eigenvalue weighted by Gasteiger charge is -2.34. The van der Waals surface area contributed by atoms with Crippen molar-refractivity contribution in [3.05, 3.63) is 11.1 Å². The topological polar surface area (TPSA) is 46.6 Å². The molecule has 1 aromatic rings. The average molecular weight is 285 g/mol. The Morgan fingerprint density at radius 3 is 3.32 bits per heavy atom. The van der Waals surface area contributed by atoms with Gasteiger partial charge in [-0.05, 0) is 6.42 Å². The molecular weight excluding hydrogens is 262 g/mol. The first kappa shape index (κ1) is 14.7. The van der Waals surface area contributed by atoms with Crippen molar-refractivity contribution in [2.45, 2.75) is 25.9 Å². The predicted octanol–water partition coefficient (Wildman–Crippen LogP) is 1.49. The molecule has 0 saturated carbocycles. The molecule has 0 spiro atoms. The highest BCUT2D eigenvalue weighted by molar-refractivity contribution is 7.15. The van der Waals surface area contributed by atoms with Crippen molar-refractivity contribution in [3.8, 4) is 0 Å². The van der Waals surface area contributed by atoms with Crippen LogP contribution in [-0.4, -0.2) is 51.0 Å². The van der Waals surface area contributed by atoms with Gasteiger partial charge < -0.3 is 19.7 Å². The molecule has 0 radical (unpaired) electrons. The van der Waals surface area contributed by atoms with Gasteiger partial charge in [-0.1, -0.05) is 6.92 Å². The number of hydrogen-bond donors (Lipinski definition) is 1. The summed E-state index contributed by atoms with van der Waals surface area (Å²) in [6.45, 7) is 7.25. The van der Waals surface area contributed by atoms with Crippen molar-refractivity contribution >= 4 is 16.5 Å². The van der Waals surface area contributed by atoms with E-state index in [0.29, 0.717) is 6.04 Å². The third-order valence-electron chi connectivity index (χ3n) is 3.27. The van der Waals surface area contributed by atoms with Gasteiger partial charge in [-0.25, -0.2) is 4.98 Å². The maximum Gasteiger partial charge on any atom is 0.185 e. The summed E-state index contributed by atoms with van der Waals surface area (Å²) in [6.07, 6.45) is 3.07. The molecule has 5 nitrogen and oxygen atoms in total. The van der Waals surface area contributed by atoms with E-state index in [-0.39, 0.29) is 0 Å². The Balaban J connectivity index is 1.88. The first-order valence-electron chi connectivity index (χ1n) is 6.84. The molecule has 2 rings (SSSR count). The Hall–Kier alpha value is -0.690. The van der Waals surface area contributed by atoms with E-state index < -0.39 is 0 Å². The quantitative estimate of drug-likeness (QED) is 0.769. The second-order valence-electron chi connectivity index (χ2n) is 4.61. The van der Waals surface area contributed by atoms with E-state index >= 15 is 0 Å². The molecule has 19 heavy (non-hydrogen) atoms. The van der Waals surface area contributed by atoms with Gasteiger partial charge >= 0.3 is 0 Å². The molecule has 108 valence electrons. The van der Waals surface area contributed by atoms with E-state index in [1.54, 1.807) is 18.4 Å². The van der Waals surface area contributed by atoms with E-state index in [1.807, 2.05) is 6.20 Å². The van der Waals surface area contributed by atoms with Gasteiger partial charge in [0.25, 0.3) is 0 Å². The van der Waals surface area contributed by atoms with Gasteiger partial charge in [0, 0.05) is 37.8 Å². The minimum Gasteiger partial charge on any atom is -0.383 e. The van der Waals surface area contributed by atoms with Crippen LogP contribution in [0.2, 0.25) is 0 Å². The first-order valence-corrected chi connectivity index (χ1v) is 7.65. The number of methoxy groups -OCH3 is 1. The average Bonchev–Trinajstić information content (AvgIpc) is 2.92. The molecule has 1 unspecified atom stereocenters. The fraction of sp³-hybridized carbons (Fsp3) is 0.769. The number of nitrogens with one attached hydrogen (secondary N) is 1.